The molecule has 20 heavy (non-hydrogen) atoms. The fourth-order valence-electron chi connectivity index (χ4n) is 2.43. The average molecular weight is 299 g/mol. The molecule has 0 bridgehead atoms. The average Bonchev–Trinajstić information content (AvgIpc) is 2.93. The summed E-state index contributed by atoms with van der Waals surface area (Å²) < 4.78 is 10.6. The number of rotatable bonds is 7. The van der Waals surface area contributed by atoms with Gasteiger partial charge >= 0.3 is 0 Å². The van der Waals surface area contributed by atoms with Crippen LogP contribution in [0.25, 0.3) is 0 Å². The molecule has 1 fully saturated rings. The molecule has 1 N–H and O–H groups in total. The van der Waals surface area contributed by atoms with Gasteiger partial charge in [0, 0.05) is 45.8 Å². The smallest absolute Gasteiger partial charge is 0.185 e. The lowest BCUT2D eigenvalue weighted by atomic mass is 9.96. The lowest BCUT2D eigenvalue weighted by molar-refractivity contribution is 0.0498. The zero-order valence-electron chi connectivity index (χ0n) is 12.6. The molecule has 0 aliphatic carbocycles. The number of methoxy groups -OCH3 is 2. The Bertz CT molecular complexity index is 400. The molecule has 0 radical (unpaired) electrons. The molecule has 2 atom stereocenters. The third-order valence-electron chi connectivity index (χ3n) is 3.79. The van der Waals surface area contributed by atoms with Crippen LogP contribution >= 0.6 is 11.3 Å². The van der Waals surface area contributed by atoms with Gasteiger partial charge < -0.3 is 19.7 Å². The summed E-state index contributed by atoms with van der Waals surface area (Å²) in [6.07, 6.45) is 1.48. The summed E-state index contributed by atoms with van der Waals surface area (Å²) in [5.74, 6) is 0.631. The van der Waals surface area contributed by atoms with Crippen molar-refractivity contribution in [2.24, 2.45) is 5.92 Å². The highest BCUT2D eigenvalue weighted by Crippen LogP contribution is 2.27. The number of aromatic nitrogens is 1. The van der Waals surface area contributed by atoms with Gasteiger partial charge in [0.2, 0.25) is 0 Å². The van der Waals surface area contributed by atoms with Gasteiger partial charge in [0.25, 0.3) is 0 Å². The molecule has 1 saturated heterocycles. The minimum absolute atomic E-state index is 0.316. The Kier molecular flexibility index (Phi) is 6.22. The predicted octanol–water partition coefficient (Wildman–Crippen LogP) is 1.74. The summed E-state index contributed by atoms with van der Waals surface area (Å²) in [6.45, 7) is 6.68. The van der Waals surface area contributed by atoms with Gasteiger partial charge in [-0.2, -0.15) is 0 Å². The Labute approximate surface area is 125 Å². The Morgan fingerprint density at radius 2 is 2.35 bits per heavy atom. The van der Waals surface area contributed by atoms with Crippen molar-refractivity contribution >= 4 is 16.5 Å². The Morgan fingerprint density at radius 1 is 1.50 bits per heavy atom. The van der Waals surface area contributed by atoms with E-state index in [0.717, 1.165) is 43.6 Å². The lowest BCUT2D eigenvalue weighted by Gasteiger charge is -2.36. The molecule has 5 nitrogen and oxygen atoms in total. The Hall–Kier alpha value is -0.690. The van der Waals surface area contributed by atoms with Crippen molar-refractivity contribution in [1.29, 1.82) is 0 Å². The van der Waals surface area contributed by atoms with E-state index in [0.29, 0.717) is 12.0 Å². The highest BCUT2D eigenvalue weighted by Gasteiger charge is 2.27. The van der Waals surface area contributed by atoms with Gasteiger partial charge in [-0.3, -0.25) is 0 Å². The van der Waals surface area contributed by atoms with Gasteiger partial charge in [-0.25, -0.2) is 4.98 Å². The van der Waals surface area contributed by atoms with Crippen LogP contribution in [0.3, 0.4) is 0 Å². The Balaban J connectivity index is 1.85. The SMILES string of the molecule is COCCNCc1csc(N2CCC(C)C(OC)C2)n1. The second-order valence-corrected chi connectivity index (χ2v) is 6.11. The monoisotopic (exact) mass is 299 g/mol. The molecule has 1 aliphatic heterocycles. The maximum Gasteiger partial charge on any atom is 0.185 e. The van der Waals surface area contributed by atoms with Gasteiger partial charge in [-0.1, -0.05) is 6.92 Å². The third-order valence-corrected chi connectivity index (χ3v) is 4.74. The first kappa shape index (κ1) is 15.7. The molecule has 0 spiro atoms. The van der Waals surface area contributed by atoms with Crippen LogP contribution in [0.2, 0.25) is 0 Å². The van der Waals surface area contributed by atoms with Crippen LogP contribution in [0.5, 0.6) is 0 Å². The zero-order valence-corrected chi connectivity index (χ0v) is 13.4. The van der Waals surface area contributed by atoms with Gasteiger partial charge in [0.1, 0.15) is 0 Å². The first-order valence-corrected chi connectivity index (χ1v) is 8.04. The zero-order chi connectivity index (χ0) is 14.4. The van der Waals surface area contributed by atoms with Gasteiger partial charge in [-0.15, -0.1) is 11.3 Å². The number of hydrogen-bond acceptors (Lipinski definition) is 6. The summed E-state index contributed by atoms with van der Waals surface area (Å²) in [7, 11) is 3.52. The van der Waals surface area contributed by atoms with Crippen molar-refractivity contribution in [3.8, 4) is 0 Å². The van der Waals surface area contributed by atoms with Crippen molar-refractivity contribution in [3.63, 3.8) is 0 Å². The number of thiazole rings is 1. The summed E-state index contributed by atoms with van der Waals surface area (Å²) in [4.78, 5) is 7.06. The van der Waals surface area contributed by atoms with E-state index in [4.69, 9.17) is 14.5 Å². The van der Waals surface area contributed by atoms with Crippen molar-refractivity contribution in [2.75, 3.05) is 45.4 Å². The van der Waals surface area contributed by atoms with Crippen LogP contribution in [-0.4, -0.2) is 51.5 Å². The summed E-state index contributed by atoms with van der Waals surface area (Å²) >= 11 is 1.72. The van der Waals surface area contributed by atoms with Crippen molar-refractivity contribution in [2.45, 2.75) is 26.0 Å². The van der Waals surface area contributed by atoms with Crippen molar-refractivity contribution in [3.05, 3.63) is 11.1 Å². The maximum atomic E-state index is 5.56. The number of ether oxygens (including phenoxy) is 2. The molecule has 2 unspecified atom stereocenters. The molecule has 1 aromatic heterocycles. The molecule has 1 aliphatic rings. The van der Waals surface area contributed by atoms with Gasteiger partial charge in [0.15, 0.2) is 5.13 Å². The Morgan fingerprint density at radius 3 is 3.10 bits per heavy atom. The van der Waals surface area contributed by atoms with Crippen molar-refractivity contribution in [1.82, 2.24) is 10.3 Å². The topological polar surface area (TPSA) is 46.6 Å². The summed E-state index contributed by atoms with van der Waals surface area (Å²) in [5.41, 5.74) is 1.11. The van der Waals surface area contributed by atoms with E-state index in [1.165, 1.54) is 6.42 Å². The largest absolute Gasteiger partial charge is 0.383 e. The number of nitrogens with one attached hydrogen (secondary N) is 1. The van der Waals surface area contributed by atoms with E-state index >= 15 is 0 Å². The molecule has 0 aromatic carbocycles. The molecule has 0 amide bonds. The molecule has 2 rings (SSSR count). The minimum atomic E-state index is 0.316. The molecule has 6 heteroatoms. The number of piperidine rings is 1. The fraction of sp³-hybridized carbons (Fsp3) is 0.786. The highest BCUT2D eigenvalue weighted by molar-refractivity contribution is 7.13. The molecule has 2 heterocycles. The minimum Gasteiger partial charge on any atom is -0.383 e. The predicted molar refractivity (Wildman–Crippen MR) is 82.5 cm³/mol. The van der Waals surface area contributed by atoms with E-state index in [-0.39, 0.29) is 0 Å². The normalized spacial score (nSPS) is 23.2. The second kappa shape index (κ2) is 7.93. The first-order chi connectivity index (χ1) is 9.74. The number of nitrogens with zero attached hydrogens (tertiary/aromatic N) is 2. The van der Waals surface area contributed by atoms with Crippen LogP contribution < -0.4 is 10.2 Å². The van der Waals surface area contributed by atoms with E-state index in [9.17, 15) is 0 Å². The maximum absolute atomic E-state index is 5.56. The van der Waals surface area contributed by atoms with E-state index in [1.807, 2.05) is 0 Å². The van der Waals surface area contributed by atoms with Crippen LogP contribution in [-0.2, 0) is 16.0 Å². The fourth-order valence-corrected chi connectivity index (χ4v) is 3.29. The number of hydrogen-bond donors (Lipinski definition) is 1. The summed E-state index contributed by atoms with van der Waals surface area (Å²) in [5, 5.41) is 6.57. The standard InChI is InChI=1S/C14H25N3O2S/c1-11-4-6-17(9-13(11)19-3)14-16-12(10-20-14)8-15-5-7-18-2/h10-11,13,15H,4-9H2,1-3H3. The lowest BCUT2D eigenvalue weighted by Crippen LogP contribution is -2.43. The molecular formula is C14H25N3O2S. The van der Waals surface area contributed by atoms with Crippen LogP contribution in [0, 0.1) is 5.92 Å². The molecular weight excluding hydrogens is 274 g/mol. The van der Waals surface area contributed by atoms with Gasteiger partial charge in [0.05, 0.1) is 18.4 Å². The highest BCUT2D eigenvalue weighted by atomic mass is 32.1. The van der Waals surface area contributed by atoms with Crippen molar-refractivity contribution < 1.29 is 9.47 Å². The first-order valence-electron chi connectivity index (χ1n) is 7.16. The van der Waals surface area contributed by atoms with E-state index in [2.05, 4.69) is 22.5 Å². The summed E-state index contributed by atoms with van der Waals surface area (Å²) in [6, 6.07) is 0. The van der Waals surface area contributed by atoms with Crippen LogP contribution in [0.4, 0.5) is 5.13 Å². The van der Waals surface area contributed by atoms with Crippen LogP contribution in [0.15, 0.2) is 5.38 Å². The molecule has 1 aromatic rings. The quantitative estimate of drug-likeness (QED) is 0.777. The van der Waals surface area contributed by atoms with E-state index < -0.39 is 0 Å². The van der Waals surface area contributed by atoms with Gasteiger partial charge in [-0.05, 0) is 12.3 Å². The number of anilines is 1. The molecule has 114 valence electrons. The van der Waals surface area contributed by atoms with Crippen LogP contribution in [0.1, 0.15) is 19.0 Å². The van der Waals surface area contributed by atoms with E-state index in [1.54, 1.807) is 25.6 Å². The second-order valence-electron chi connectivity index (χ2n) is 5.28. The third kappa shape index (κ3) is 4.15. The molecule has 0 saturated carbocycles.